The minimum absolute atomic E-state index is 0.0987. The predicted molar refractivity (Wildman–Crippen MR) is 84.8 cm³/mol. The Balaban J connectivity index is 1.68. The summed E-state index contributed by atoms with van der Waals surface area (Å²) < 4.78 is 63.1. The fraction of sp³-hybridized carbons (Fsp3) is 0.133. The maximum Gasteiger partial charge on any atom is 0.299 e. The lowest BCUT2D eigenvalue weighted by Gasteiger charge is -2.05. The molecule has 1 aromatic carbocycles. The zero-order valence-corrected chi connectivity index (χ0v) is 13.6. The summed E-state index contributed by atoms with van der Waals surface area (Å²) in [5, 5.41) is 9.39. The Labute approximate surface area is 148 Å². The molecule has 0 aliphatic carbocycles. The van der Waals surface area contributed by atoms with E-state index in [2.05, 4.69) is 15.3 Å². The highest BCUT2D eigenvalue weighted by atomic mass is 32.1. The summed E-state index contributed by atoms with van der Waals surface area (Å²) in [6, 6.07) is 5.96. The molecule has 0 aliphatic rings. The van der Waals surface area contributed by atoms with Crippen molar-refractivity contribution in [1.29, 1.82) is 0 Å². The third kappa shape index (κ3) is 3.99. The van der Waals surface area contributed by atoms with Gasteiger partial charge in [-0.3, -0.25) is 0 Å². The van der Waals surface area contributed by atoms with Crippen LogP contribution in [0.15, 0.2) is 39.9 Å². The number of halogens is 4. The Morgan fingerprint density at radius 3 is 2.85 bits per heavy atom. The maximum atomic E-state index is 13.5. The first-order valence-electron chi connectivity index (χ1n) is 7.10. The molecule has 6 nitrogen and oxygen atoms in total. The van der Waals surface area contributed by atoms with E-state index in [1.54, 1.807) is 0 Å². The van der Waals surface area contributed by atoms with E-state index < -0.39 is 23.9 Å². The number of benzene rings is 1. The number of nitrogens with zero attached hydrogens (tertiary/aromatic N) is 3. The van der Waals surface area contributed by atoms with Crippen molar-refractivity contribution in [3.63, 3.8) is 0 Å². The number of aromatic nitrogens is 3. The van der Waals surface area contributed by atoms with E-state index in [-0.39, 0.29) is 22.9 Å². The monoisotopic (exact) mass is 386 g/mol. The molecule has 0 saturated heterocycles. The molecule has 26 heavy (non-hydrogen) atoms. The molecule has 11 heteroatoms. The average molecular weight is 386 g/mol. The van der Waals surface area contributed by atoms with Gasteiger partial charge in [-0.2, -0.15) is 14.9 Å². The molecule has 0 unspecified atom stereocenters. The van der Waals surface area contributed by atoms with Gasteiger partial charge in [0, 0.05) is 6.07 Å². The molecule has 2 aromatic heterocycles. The number of alkyl halides is 2. The van der Waals surface area contributed by atoms with Gasteiger partial charge in [0.1, 0.15) is 23.9 Å². The Bertz CT molecular complexity index is 996. The van der Waals surface area contributed by atoms with Crippen LogP contribution < -0.4 is 4.74 Å². The quantitative estimate of drug-likeness (QED) is 0.392. The molecule has 0 amide bonds. The van der Waals surface area contributed by atoms with Crippen LogP contribution in [0.5, 0.6) is 5.75 Å². The van der Waals surface area contributed by atoms with Crippen molar-refractivity contribution >= 4 is 18.4 Å². The van der Waals surface area contributed by atoms with Gasteiger partial charge < -0.3 is 9.15 Å². The number of H-pyrrole nitrogens is 1. The molecule has 0 aliphatic heterocycles. The Kier molecular flexibility index (Phi) is 5.16. The van der Waals surface area contributed by atoms with Crippen LogP contribution in [-0.2, 0) is 6.61 Å². The molecular formula is C15H10F4N4O2S. The van der Waals surface area contributed by atoms with Crippen LogP contribution in [0.1, 0.15) is 23.8 Å². The lowest BCUT2D eigenvalue weighted by Crippen LogP contribution is -1.99. The van der Waals surface area contributed by atoms with Crippen molar-refractivity contribution < 1.29 is 26.7 Å². The molecule has 0 atom stereocenters. The second-order valence-corrected chi connectivity index (χ2v) is 5.30. The smallest absolute Gasteiger partial charge is 0.299 e. The SMILES string of the molecule is Fc1ccc(OCc2ccc(/C=N\n3c(C(F)F)n[nH]c3=S)o2)c(F)c1. The minimum atomic E-state index is -2.86. The van der Waals surface area contributed by atoms with Gasteiger partial charge in [-0.25, -0.2) is 22.7 Å². The first-order valence-corrected chi connectivity index (χ1v) is 7.51. The number of nitrogens with one attached hydrogen (secondary N) is 1. The van der Waals surface area contributed by atoms with Crippen LogP contribution in [0.25, 0.3) is 0 Å². The van der Waals surface area contributed by atoms with Crippen molar-refractivity contribution in [2.24, 2.45) is 5.10 Å². The van der Waals surface area contributed by atoms with Gasteiger partial charge in [-0.15, -0.1) is 0 Å². The summed E-state index contributed by atoms with van der Waals surface area (Å²) in [4.78, 5) is 0. The van der Waals surface area contributed by atoms with Crippen molar-refractivity contribution in [3.8, 4) is 5.75 Å². The predicted octanol–water partition coefficient (Wildman–Crippen LogP) is 4.21. The molecular weight excluding hydrogens is 376 g/mol. The largest absolute Gasteiger partial charge is 0.483 e. The summed E-state index contributed by atoms with van der Waals surface area (Å²) >= 11 is 4.81. The van der Waals surface area contributed by atoms with Crippen LogP contribution in [0.3, 0.4) is 0 Å². The minimum Gasteiger partial charge on any atom is -0.483 e. The topological polar surface area (TPSA) is 68.3 Å². The van der Waals surface area contributed by atoms with E-state index in [9.17, 15) is 17.6 Å². The zero-order valence-electron chi connectivity index (χ0n) is 12.8. The van der Waals surface area contributed by atoms with Crippen LogP contribution in [0.4, 0.5) is 17.6 Å². The van der Waals surface area contributed by atoms with E-state index in [1.165, 1.54) is 18.3 Å². The zero-order chi connectivity index (χ0) is 18.7. The summed E-state index contributed by atoms with van der Waals surface area (Å²) in [7, 11) is 0. The Hall–Kier alpha value is -2.95. The fourth-order valence-electron chi connectivity index (χ4n) is 1.95. The normalized spacial score (nSPS) is 11.6. The second-order valence-electron chi connectivity index (χ2n) is 4.91. The maximum absolute atomic E-state index is 13.5. The van der Waals surface area contributed by atoms with Gasteiger partial charge >= 0.3 is 0 Å². The van der Waals surface area contributed by atoms with Crippen molar-refractivity contribution in [2.45, 2.75) is 13.0 Å². The number of rotatable bonds is 6. The van der Waals surface area contributed by atoms with Gasteiger partial charge in [-0.1, -0.05) is 0 Å². The van der Waals surface area contributed by atoms with E-state index in [1.807, 2.05) is 0 Å². The highest BCUT2D eigenvalue weighted by Crippen LogP contribution is 2.20. The molecule has 0 spiro atoms. The average Bonchev–Trinajstić information content (AvgIpc) is 3.18. The van der Waals surface area contributed by atoms with E-state index in [0.717, 1.165) is 16.8 Å². The lowest BCUT2D eigenvalue weighted by molar-refractivity contribution is 0.136. The Morgan fingerprint density at radius 2 is 2.12 bits per heavy atom. The first-order chi connectivity index (χ1) is 12.4. The van der Waals surface area contributed by atoms with Crippen LogP contribution in [0, 0.1) is 16.4 Å². The molecule has 0 fully saturated rings. The van der Waals surface area contributed by atoms with Crippen molar-refractivity contribution in [3.05, 3.63) is 64.1 Å². The standard InChI is InChI=1S/C15H10F4N4O2S/c16-8-1-4-12(11(17)5-8)24-7-10-3-2-9(25-10)6-20-23-14(13(18)19)21-22-15(23)26/h1-6,13H,7H2,(H,22,26)/b20-6-. The van der Waals surface area contributed by atoms with Crippen LogP contribution in [0.2, 0.25) is 0 Å². The molecule has 2 heterocycles. The number of hydrogen-bond donors (Lipinski definition) is 1. The van der Waals surface area contributed by atoms with E-state index in [4.69, 9.17) is 21.4 Å². The molecule has 1 N–H and O–H groups in total. The van der Waals surface area contributed by atoms with Gasteiger partial charge in [0.2, 0.25) is 10.6 Å². The fourth-order valence-corrected chi connectivity index (χ4v) is 2.14. The third-order valence-electron chi connectivity index (χ3n) is 3.12. The number of ether oxygens (including phenoxy) is 1. The summed E-state index contributed by atoms with van der Waals surface area (Å²) in [5.41, 5.74) is 0. The molecule has 3 aromatic rings. The molecule has 0 saturated carbocycles. The highest BCUT2D eigenvalue weighted by Gasteiger charge is 2.16. The summed E-state index contributed by atoms with van der Waals surface area (Å²) in [5.74, 6) is -1.77. The Morgan fingerprint density at radius 1 is 1.31 bits per heavy atom. The first kappa shape index (κ1) is 17.9. The van der Waals surface area contributed by atoms with Crippen LogP contribution >= 0.6 is 12.2 Å². The second kappa shape index (κ2) is 7.52. The number of furan rings is 1. The van der Waals surface area contributed by atoms with Gasteiger partial charge in [-0.05, 0) is 36.5 Å². The summed E-state index contributed by atoms with van der Waals surface area (Å²) in [6.07, 6.45) is -1.69. The molecule has 0 radical (unpaired) electrons. The van der Waals surface area contributed by atoms with Crippen molar-refractivity contribution in [2.75, 3.05) is 0 Å². The number of hydrogen-bond acceptors (Lipinski definition) is 5. The molecule has 0 bridgehead atoms. The molecule has 3 rings (SSSR count). The van der Waals surface area contributed by atoms with E-state index in [0.29, 0.717) is 11.8 Å². The lowest BCUT2D eigenvalue weighted by atomic mass is 10.3. The van der Waals surface area contributed by atoms with E-state index >= 15 is 0 Å². The third-order valence-corrected chi connectivity index (χ3v) is 3.38. The van der Waals surface area contributed by atoms with Gasteiger partial charge in [0.15, 0.2) is 11.6 Å². The van der Waals surface area contributed by atoms with Gasteiger partial charge in [0.25, 0.3) is 6.43 Å². The van der Waals surface area contributed by atoms with Crippen molar-refractivity contribution in [1.82, 2.24) is 14.9 Å². The number of aromatic amines is 1. The van der Waals surface area contributed by atoms with Crippen LogP contribution in [-0.4, -0.2) is 21.1 Å². The summed E-state index contributed by atoms with van der Waals surface area (Å²) in [6.45, 7) is -0.121. The van der Waals surface area contributed by atoms with Gasteiger partial charge in [0.05, 0.1) is 6.21 Å². The highest BCUT2D eigenvalue weighted by molar-refractivity contribution is 7.71. The molecule has 136 valence electrons.